The summed E-state index contributed by atoms with van der Waals surface area (Å²) in [4.78, 5) is 22.8. The van der Waals surface area contributed by atoms with Gasteiger partial charge in [-0.1, -0.05) is 23.9 Å². The highest BCUT2D eigenvalue weighted by atomic mass is 32.2. The number of nitrogens with one attached hydrogen (secondary N) is 1. The van der Waals surface area contributed by atoms with Crippen LogP contribution in [0.4, 0.5) is 5.69 Å². The number of aromatic nitrogens is 2. The molecule has 9 nitrogen and oxygen atoms in total. The van der Waals surface area contributed by atoms with Crippen molar-refractivity contribution in [3.05, 3.63) is 48.0 Å². The molecular weight excluding hydrogens is 410 g/mol. The van der Waals surface area contributed by atoms with E-state index in [-0.39, 0.29) is 29.2 Å². The fourth-order valence-corrected chi connectivity index (χ4v) is 3.12. The zero-order valence-corrected chi connectivity index (χ0v) is 17.1. The van der Waals surface area contributed by atoms with Crippen LogP contribution in [0.1, 0.15) is 5.56 Å². The lowest BCUT2D eigenvalue weighted by Gasteiger charge is -2.07. The summed E-state index contributed by atoms with van der Waals surface area (Å²) in [6.07, 6.45) is -0.0669. The number of hydrogen-bond donors (Lipinski definition) is 2. The third-order valence-electron chi connectivity index (χ3n) is 3.97. The van der Waals surface area contributed by atoms with Crippen LogP contribution in [-0.4, -0.2) is 47.2 Å². The zero-order valence-electron chi connectivity index (χ0n) is 16.2. The molecule has 0 saturated carbocycles. The molecule has 2 N–H and O–H groups in total. The molecular formula is C20H19N3O6S. The van der Waals surface area contributed by atoms with E-state index in [1.165, 1.54) is 7.11 Å². The minimum absolute atomic E-state index is 0.0669. The molecule has 156 valence electrons. The Kier molecular flexibility index (Phi) is 6.91. The molecule has 1 amide bonds. The monoisotopic (exact) mass is 429 g/mol. The van der Waals surface area contributed by atoms with Crippen molar-refractivity contribution in [2.75, 3.05) is 25.3 Å². The van der Waals surface area contributed by atoms with E-state index >= 15 is 0 Å². The molecule has 0 aliphatic heterocycles. The van der Waals surface area contributed by atoms with Gasteiger partial charge in [-0.25, -0.2) is 0 Å². The Balaban J connectivity index is 1.57. The summed E-state index contributed by atoms with van der Waals surface area (Å²) in [6, 6.07) is 11.8. The van der Waals surface area contributed by atoms with Gasteiger partial charge >= 0.3 is 5.97 Å². The van der Waals surface area contributed by atoms with Crippen LogP contribution in [0, 0.1) is 0 Å². The lowest BCUT2D eigenvalue weighted by atomic mass is 10.1. The molecule has 0 radical (unpaired) electrons. The number of anilines is 1. The number of carboxylic acids is 1. The van der Waals surface area contributed by atoms with Crippen molar-refractivity contribution < 1.29 is 28.6 Å². The van der Waals surface area contributed by atoms with Crippen molar-refractivity contribution in [2.24, 2.45) is 0 Å². The van der Waals surface area contributed by atoms with E-state index in [1.807, 2.05) is 0 Å². The summed E-state index contributed by atoms with van der Waals surface area (Å²) in [7, 11) is 3.09. The topological polar surface area (TPSA) is 124 Å². The second kappa shape index (κ2) is 9.79. The van der Waals surface area contributed by atoms with Gasteiger partial charge in [0.2, 0.25) is 5.91 Å². The summed E-state index contributed by atoms with van der Waals surface area (Å²) in [6.45, 7) is 0. The minimum atomic E-state index is -0.908. The molecule has 0 atom stereocenters. The highest BCUT2D eigenvalue weighted by molar-refractivity contribution is 7.99. The first kappa shape index (κ1) is 21.2. The number of amides is 1. The van der Waals surface area contributed by atoms with Gasteiger partial charge in [0.15, 0.2) is 0 Å². The van der Waals surface area contributed by atoms with E-state index in [0.717, 1.165) is 11.8 Å². The number of nitrogens with zero attached hydrogens (tertiary/aromatic N) is 2. The van der Waals surface area contributed by atoms with Crippen LogP contribution >= 0.6 is 11.8 Å². The van der Waals surface area contributed by atoms with Crippen molar-refractivity contribution in [3.8, 4) is 23.0 Å². The highest BCUT2D eigenvalue weighted by Crippen LogP contribution is 2.33. The molecule has 2 aromatic carbocycles. The Hall–Kier alpha value is -3.53. The van der Waals surface area contributed by atoms with Gasteiger partial charge in [0.05, 0.1) is 32.0 Å². The van der Waals surface area contributed by atoms with Gasteiger partial charge in [-0.3, -0.25) is 9.59 Å². The normalized spacial score (nSPS) is 10.5. The summed E-state index contributed by atoms with van der Waals surface area (Å²) in [5, 5.41) is 19.7. The van der Waals surface area contributed by atoms with E-state index in [2.05, 4.69) is 15.5 Å². The van der Waals surface area contributed by atoms with Gasteiger partial charge in [0, 0.05) is 11.8 Å². The van der Waals surface area contributed by atoms with Crippen LogP contribution < -0.4 is 14.8 Å². The predicted octanol–water partition coefficient (Wildman–Crippen LogP) is 3.11. The molecule has 30 heavy (non-hydrogen) atoms. The van der Waals surface area contributed by atoms with E-state index < -0.39 is 5.97 Å². The molecule has 1 heterocycles. The Morgan fingerprint density at radius 2 is 1.87 bits per heavy atom. The quantitative estimate of drug-likeness (QED) is 0.494. The number of ether oxygens (including phenoxy) is 2. The largest absolute Gasteiger partial charge is 0.497 e. The predicted molar refractivity (Wildman–Crippen MR) is 110 cm³/mol. The number of rotatable bonds is 9. The van der Waals surface area contributed by atoms with Gasteiger partial charge in [-0.2, -0.15) is 0 Å². The smallest absolute Gasteiger partial charge is 0.307 e. The van der Waals surface area contributed by atoms with Gasteiger partial charge in [0.25, 0.3) is 11.1 Å². The standard InChI is InChI=1S/C20H19N3O6S/c1-27-14-7-8-15(16(10-14)28-2)19-22-23-20(29-19)30-11-17(24)21-13-5-3-12(4-6-13)9-18(25)26/h3-8,10H,9,11H2,1-2H3,(H,21,24)(H,25,26). The molecule has 0 bridgehead atoms. The van der Waals surface area contributed by atoms with Crippen molar-refractivity contribution >= 4 is 29.3 Å². The molecule has 0 aliphatic rings. The van der Waals surface area contributed by atoms with E-state index in [0.29, 0.717) is 28.3 Å². The maximum atomic E-state index is 12.1. The highest BCUT2D eigenvalue weighted by Gasteiger charge is 2.16. The number of aliphatic carboxylic acids is 1. The first-order valence-electron chi connectivity index (χ1n) is 8.77. The van der Waals surface area contributed by atoms with Crippen molar-refractivity contribution in [3.63, 3.8) is 0 Å². The molecule has 10 heteroatoms. The summed E-state index contributed by atoms with van der Waals surface area (Å²) >= 11 is 1.10. The van der Waals surface area contributed by atoms with Gasteiger partial charge < -0.3 is 24.3 Å². The third kappa shape index (κ3) is 5.51. The number of benzene rings is 2. The average Bonchev–Trinajstić information content (AvgIpc) is 3.21. The molecule has 0 unspecified atom stereocenters. The summed E-state index contributed by atoms with van der Waals surface area (Å²) in [5.74, 6) is 0.336. The van der Waals surface area contributed by atoms with Crippen molar-refractivity contribution in [1.82, 2.24) is 10.2 Å². The molecule has 1 aromatic heterocycles. The van der Waals surface area contributed by atoms with Gasteiger partial charge in [-0.15, -0.1) is 10.2 Å². The lowest BCUT2D eigenvalue weighted by molar-refractivity contribution is -0.136. The van der Waals surface area contributed by atoms with Crippen LogP contribution in [0.15, 0.2) is 52.1 Å². The van der Waals surface area contributed by atoms with Crippen LogP contribution in [0.25, 0.3) is 11.5 Å². The Morgan fingerprint density at radius 1 is 1.10 bits per heavy atom. The first-order valence-corrected chi connectivity index (χ1v) is 9.76. The number of carbonyl (C=O) groups excluding carboxylic acids is 1. The fourth-order valence-electron chi connectivity index (χ4n) is 2.56. The van der Waals surface area contributed by atoms with Crippen molar-refractivity contribution in [1.29, 1.82) is 0 Å². The third-order valence-corrected chi connectivity index (χ3v) is 4.78. The first-order chi connectivity index (χ1) is 14.5. The average molecular weight is 429 g/mol. The van der Waals surface area contributed by atoms with Crippen LogP contribution in [-0.2, 0) is 16.0 Å². The maximum Gasteiger partial charge on any atom is 0.307 e. The lowest BCUT2D eigenvalue weighted by Crippen LogP contribution is -2.14. The summed E-state index contributed by atoms with van der Waals surface area (Å²) in [5.41, 5.74) is 1.84. The second-order valence-corrected chi connectivity index (χ2v) is 6.97. The number of carbonyl (C=O) groups is 2. The molecule has 0 saturated heterocycles. The number of thioether (sulfide) groups is 1. The Morgan fingerprint density at radius 3 is 2.53 bits per heavy atom. The number of hydrogen-bond acceptors (Lipinski definition) is 8. The van der Waals surface area contributed by atoms with Gasteiger partial charge in [-0.05, 0) is 29.8 Å². The van der Waals surface area contributed by atoms with E-state index in [1.54, 1.807) is 49.6 Å². The Labute approximate surface area is 176 Å². The van der Waals surface area contributed by atoms with Gasteiger partial charge in [0.1, 0.15) is 11.5 Å². The molecule has 0 aliphatic carbocycles. The molecule has 0 spiro atoms. The zero-order chi connectivity index (χ0) is 21.5. The van der Waals surface area contributed by atoms with E-state index in [4.69, 9.17) is 19.0 Å². The summed E-state index contributed by atoms with van der Waals surface area (Å²) < 4.78 is 16.1. The number of methoxy groups -OCH3 is 2. The Bertz CT molecular complexity index is 1040. The van der Waals surface area contributed by atoms with Crippen LogP contribution in [0.5, 0.6) is 11.5 Å². The molecule has 3 rings (SSSR count). The second-order valence-electron chi connectivity index (χ2n) is 6.04. The van der Waals surface area contributed by atoms with E-state index in [9.17, 15) is 9.59 Å². The molecule has 0 fully saturated rings. The van der Waals surface area contributed by atoms with Crippen LogP contribution in [0.3, 0.4) is 0 Å². The SMILES string of the molecule is COc1ccc(-c2nnc(SCC(=O)Nc3ccc(CC(=O)O)cc3)o2)c(OC)c1. The van der Waals surface area contributed by atoms with Crippen molar-refractivity contribution in [2.45, 2.75) is 11.6 Å². The fraction of sp³-hybridized carbons (Fsp3) is 0.200. The molecule has 3 aromatic rings. The van der Waals surface area contributed by atoms with Crippen LogP contribution in [0.2, 0.25) is 0 Å². The number of carboxylic acid groups (broad SMARTS) is 1. The minimum Gasteiger partial charge on any atom is -0.497 e. The maximum absolute atomic E-state index is 12.1.